The number of Topliss-reactive ketones (excluding diaryl/α,β-unsaturated/α-hetero) is 1. The van der Waals surface area contributed by atoms with E-state index < -0.39 is 5.41 Å². The maximum atomic E-state index is 13.5. The molecule has 3 aromatic carbocycles. The fourth-order valence-electron chi connectivity index (χ4n) is 4.15. The number of likely N-dealkylation sites (N-methyl/N-ethyl adjacent to an activating group) is 1. The van der Waals surface area contributed by atoms with Crippen LogP contribution < -0.4 is 4.90 Å². The summed E-state index contributed by atoms with van der Waals surface area (Å²) in [5.41, 5.74) is 1.81. The summed E-state index contributed by atoms with van der Waals surface area (Å²) in [6.07, 6.45) is 3.69. The molecule has 3 nitrogen and oxygen atoms in total. The van der Waals surface area contributed by atoms with Gasteiger partial charge in [0.2, 0.25) is 5.91 Å². The first kappa shape index (κ1) is 14.2. The van der Waals surface area contributed by atoms with E-state index in [1.54, 1.807) is 24.1 Å². The van der Waals surface area contributed by atoms with Gasteiger partial charge in [-0.1, -0.05) is 66.7 Å². The van der Waals surface area contributed by atoms with Gasteiger partial charge in [0.1, 0.15) is 0 Å². The minimum atomic E-state index is -1.26. The van der Waals surface area contributed by atoms with Crippen molar-refractivity contribution in [2.24, 2.45) is 0 Å². The first-order chi connectivity index (χ1) is 12.1. The van der Waals surface area contributed by atoms with Crippen molar-refractivity contribution in [3.8, 4) is 0 Å². The molecule has 1 spiro atoms. The predicted octanol–water partition coefficient (Wildman–Crippen LogP) is 3.96. The summed E-state index contributed by atoms with van der Waals surface area (Å²) in [6.45, 7) is 0. The van der Waals surface area contributed by atoms with Gasteiger partial charge in [-0.15, -0.1) is 0 Å². The van der Waals surface area contributed by atoms with Crippen LogP contribution in [0.5, 0.6) is 0 Å². The Hall–Kier alpha value is -3.20. The highest BCUT2D eigenvalue weighted by molar-refractivity contribution is 6.32. The van der Waals surface area contributed by atoms with Gasteiger partial charge in [0.25, 0.3) is 0 Å². The first-order valence-electron chi connectivity index (χ1n) is 8.28. The van der Waals surface area contributed by atoms with E-state index >= 15 is 0 Å². The molecule has 1 aliphatic carbocycles. The molecule has 1 amide bonds. The largest absolute Gasteiger partial charge is 0.314 e. The van der Waals surface area contributed by atoms with Gasteiger partial charge >= 0.3 is 0 Å². The van der Waals surface area contributed by atoms with E-state index in [0.29, 0.717) is 5.56 Å². The average molecular weight is 325 g/mol. The standard InChI is InChI=1S/C22H15NO2/c1-23-18-11-10-14-6-2-4-8-16(14)19(18)22(21(23)25)13-12-15-7-3-5-9-17(15)20(22)24/h2-13H,1H3. The molecule has 120 valence electrons. The number of benzene rings is 3. The molecular weight excluding hydrogens is 310 g/mol. The molecule has 25 heavy (non-hydrogen) atoms. The van der Waals surface area contributed by atoms with Crippen LogP contribution >= 0.6 is 0 Å². The topological polar surface area (TPSA) is 37.4 Å². The van der Waals surface area contributed by atoms with Gasteiger partial charge < -0.3 is 4.90 Å². The molecule has 1 heterocycles. The fourth-order valence-corrected chi connectivity index (χ4v) is 4.15. The molecule has 1 atom stereocenters. The maximum absolute atomic E-state index is 13.5. The number of anilines is 1. The van der Waals surface area contributed by atoms with Crippen molar-refractivity contribution in [1.29, 1.82) is 0 Å². The molecule has 0 bridgehead atoms. The Morgan fingerprint density at radius 1 is 0.880 bits per heavy atom. The number of hydrogen-bond donors (Lipinski definition) is 0. The van der Waals surface area contributed by atoms with Crippen molar-refractivity contribution < 1.29 is 9.59 Å². The SMILES string of the molecule is CN1C(=O)C2(C=Cc3ccccc3C2=O)c2c1ccc1ccccc21. The van der Waals surface area contributed by atoms with Crippen LogP contribution in [0.1, 0.15) is 21.5 Å². The summed E-state index contributed by atoms with van der Waals surface area (Å²) in [6, 6.07) is 19.3. The van der Waals surface area contributed by atoms with Gasteiger partial charge in [-0.05, 0) is 22.4 Å². The summed E-state index contributed by atoms with van der Waals surface area (Å²) in [5.74, 6) is -0.327. The van der Waals surface area contributed by atoms with E-state index in [1.807, 2.05) is 60.7 Å². The number of ketones is 1. The molecule has 3 aromatic rings. The lowest BCUT2D eigenvalue weighted by Crippen LogP contribution is -2.45. The van der Waals surface area contributed by atoms with Crippen molar-refractivity contribution in [3.63, 3.8) is 0 Å². The van der Waals surface area contributed by atoms with E-state index in [-0.39, 0.29) is 11.7 Å². The van der Waals surface area contributed by atoms with Gasteiger partial charge in [0.05, 0.1) is 0 Å². The highest BCUT2D eigenvalue weighted by atomic mass is 16.2. The van der Waals surface area contributed by atoms with Crippen molar-refractivity contribution in [3.05, 3.63) is 83.4 Å². The molecule has 0 saturated heterocycles. The number of rotatable bonds is 0. The first-order valence-corrected chi connectivity index (χ1v) is 8.28. The lowest BCUT2D eigenvalue weighted by molar-refractivity contribution is -0.120. The molecule has 5 rings (SSSR count). The highest BCUT2D eigenvalue weighted by Crippen LogP contribution is 2.49. The van der Waals surface area contributed by atoms with Crippen LogP contribution in [-0.2, 0) is 10.2 Å². The number of carbonyl (C=O) groups is 2. The lowest BCUT2D eigenvalue weighted by atomic mass is 9.70. The molecule has 0 aromatic heterocycles. The van der Waals surface area contributed by atoms with Crippen LogP contribution in [0.3, 0.4) is 0 Å². The van der Waals surface area contributed by atoms with Crippen molar-refractivity contribution in [2.75, 3.05) is 11.9 Å². The smallest absolute Gasteiger partial charge is 0.249 e. The van der Waals surface area contributed by atoms with Crippen molar-refractivity contribution in [2.45, 2.75) is 5.41 Å². The Kier molecular flexibility index (Phi) is 2.65. The van der Waals surface area contributed by atoms with Crippen LogP contribution in [0.15, 0.2) is 66.7 Å². The number of hydrogen-bond acceptors (Lipinski definition) is 2. The molecule has 0 fully saturated rings. The number of amides is 1. The van der Waals surface area contributed by atoms with Crippen LogP contribution in [0.4, 0.5) is 5.69 Å². The van der Waals surface area contributed by atoms with Crippen molar-refractivity contribution in [1.82, 2.24) is 0 Å². The second kappa shape index (κ2) is 4.67. The normalized spacial score (nSPS) is 21.1. The van der Waals surface area contributed by atoms with Gasteiger partial charge in [-0.25, -0.2) is 0 Å². The molecule has 3 heteroatoms. The van der Waals surface area contributed by atoms with Crippen LogP contribution in [0, 0.1) is 0 Å². The summed E-state index contributed by atoms with van der Waals surface area (Å²) >= 11 is 0. The molecular formula is C22H15NO2. The lowest BCUT2D eigenvalue weighted by Gasteiger charge is -2.28. The number of fused-ring (bicyclic) bond motifs is 5. The molecule has 0 N–H and O–H groups in total. The summed E-state index contributed by atoms with van der Waals surface area (Å²) < 4.78 is 0. The maximum Gasteiger partial charge on any atom is 0.249 e. The third-order valence-corrected chi connectivity index (χ3v) is 5.38. The molecule has 1 aliphatic heterocycles. The monoisotopic (exact) mass is 325 g/mol. The summed E-state index contributed by atoms with van der Waals surface area (Å²) in [5, 5.41) is 1.99. The van der Waals surface area contributed by atoms with Crippen LogP contribution in [-0.4, -0.2) is 18.7 Å². The summed E-state index contributed by atoms with van der Waals surface area (Å²) in [7, 11) is 1.74. The second-order valence-electron chi connectivity index (χ2n) is 6.60. The van der Waals surface area contributed by atoms with Crippen molar-refractivity contribution >= 4 is 34.2 Å². The average Bonchev–Trinajstić information content (AvgIpc) is 2.88. The van der Waals surface area contributed by atoms with Gasteiger partial charge in [-0.2, -0.15) is 0 Å². The highest BCUT2D eigenvalue weighted by Gasteiger charge is 2.55. The van der Waals surface area contributed by atoms with Gasteiger partial charge in [0, 0.05) is 23.9 Å². The van der Waals surface area contributed by atoms with Gasteiger partial charge in [0.15, 0.2) is 11.2 Å². The van der Waals surface area contributed by atoms with Crippen LogP contribution in [0.25, 0.3) is 16.8 Å². The van der Waals surface area contributed by atoms with E-state index in [0.717, 1.165) is 27.6 Å². The van der Waals surface area contributed by atoms with E-state index in [9.17, 15) is 9.59 Å². The fraction of sp³-hybridized carbons (Fsp3) is 0.0909. The Morgan fingerprint density at radius 3 is 2.52 bits per heavy atom. The number of carbonyl (C=O) groups excluding carboxylic acids is 2. The zero-order chi connectivity index (χ0) is 17.2. The summed E-state index contributed by atoms with van der Waals surface area (Å²) in [4.78, 5) is 28.4. The molecule has 0 radical (unpaired) electrons. The predicted molar refractivity (Wildman–Crippen MR) is 98.8 cm³/mol. The minimum absolute atomic E-state index is 0.141. The quantitative estimate of drug-likeness (QED) is 0.587. The Bertz CT molecular complexity index is 1110. The van der Waals surface area contributed by atoms with Crippen LogP contribution in [0.2, 0.25) is 0 Å². The molecule has 0 saturated carbocycles. The third-order valence-electron chi connectivity index (χ3n) is 5.38. The van der Waals surface area contributed by atoms with E-state index in [1.165, 1.54) is 0 Å². The van der Waals surface area contributed by atoms with E-state index in [4.69, 9.17) is 0 Å². The second-order valence-corrected chi connectivity index (χ2v) is 6.60. The zero-order valence-electron chi connectivity index (χ0n) is 13.7. The third kappa shape index (κ3) is 1.60. The van der Waals surface area contributed by atoms with Gasteiger partial charge in [-0.3, -0.25) is 9.59 Å². The number of nitrogens with zero attached hydrogens (tertiary/aromatic N) is 1. The Labute approximate surface area is 145 Å². The molecule has 2 aliphatic rings. The minimum Gasteiger partial charge on any atom is -0.314 e. The zero-order valence-corrected chi connectivity index (χ0v) is 13.7. The molecule has 1 unspecified atom stereocenters. The Morgan fingerprint density at radius 2 is 1.64 bits per heavy atom. The van der Waals surface area contributed by atoms with E-state index in [2.05, 4.69) is 0 Å². The Balaban J connectivity index is 1.90.